The number of thiophene rings is 1. The lowest BCUT2D eigenvalue weighted by Crippen LogP contribution is -2.15. The predicted octanol–water partition coefficient (Wildman–Crippen LogP) is 3.72. The summed E-state index contributed by atoms with van der Waals surface area (Å²) in [5.41, 5.74) is 0.459. The van der Waals surface area contributed by atoms with Crippen molar-refractivity contribution < 1.29 is 8.42 Å². The molecule has 0 aliphatic heterocycles. The van der Waals surface area contributed by atoms with Crippen molar-refractivity contribution in [3.63, 3.8) is 0 Å². The molecule has 2 heterocycles. The van der Waals surface area contributed by atoms with E-state index in [1.807, 2.05) is 13.0 Å². The highest BCUT2D eigenvalue weighted by atomic mass is 32.2. The Bertz CT molecular complexity index is 709. The molecule has 1 atom stereocenters. The number of aryl methyl sites for hydroxylation is 1. The van der Waals surface area contributed by atoms with Gasteiger partial charge >= 0.3 is 0 Å². The number of aromatic nitrogens is 1. The molecule has 2 rings (SSSR count). The Labute approximate surface area is 135 Å². The van der Waals surface area contributed by atoms with Crippen LogP contribution in [0.5, 0.6) is 0 Å². The molecule has 22 heavy (non-hydrogen) atoms. The summed E-state index contributed by atoms with van der Waals surface area (Å²) in [7, 11) is -3.54. The van der Waals surface area contributed by atoms with Crippen molar-refractivity contribution in [1.82, 2.24) is 4.98 Å². The Hall–Kier alpha value is -1.60. The van der Waals surface area contributed by atoms with Gasteiger partial charge in [-0.3, -0.25) is 4.72 Å². The Morgan fingerprint density at radius 2 is 2.00 bits per heavy atom. The summed E-state index contributed by atoms with van der Waals surface area (Å²) in [4.78, 5) is 5.28. The maximum Gasteiger partial charge on any atom is 0.271 e. The fourth-order valence-corrected chi connectivity index (χ4v) is 4.13. The van der Waals surface area contributed by atoms with Gasteiger partial charge in [-0.05, 0) is 44.0 Å². The first kappa shape index (κ1) is 16.8. The van der Waals surface area contributed by atoms with Crippen LogP contribution in [0.1, 0.15) is 32.1 Å². The Balaban J connectivity index is 2.09. The van der Waals surface area contributed by atoms with E-state index in [0.29, 0.717) is 15.9 Å². The Morgan fingerprint density at radius 3 is 2.55 bits per heavy atom. The lowest BCUT2D eigenvalue weighted by Gasteiger charge is -2.12. The second kappa shape index (κ2) is 7.11. The molecular weight excluding hydrogens is 318 g/mol. The van der Waals surface area contributed by atoms with Gasteiger partial charge in [0.1, 0.15) is 10.0 Å². The molecule has 0 bridgehead atoms. The van der Waals surface area contributed by atoms with Gasteiger partial charge in [-0.25, -0.2) is 13.4 Å². The van der Waals surface area contributed by atoms with Crippen molar-refractivity contribution in [2.45, 2.75) is 43.9 Å². The van der Waals surface area contributed by atoms with Crippen LogP contribution in [0.25, 0.3) is 0 Å². The highest BCUT2D eigenvalue weighted by Crippen LogP contribution is 2.24. The van der Waals surface area contributed by atoms with Crippen LogP contribution >= 0.6 is 11.3 Å². The minimum atomic E-state index is -3.54. The van der Waals surface area contributed by atoms with Crippen molar-refractivity contribution in [2.24, 2.45) is 0 Å². The fourth-order valence-electron chi connectivity index (χ4n) is 1.79. The summed E-state index contributed by atoms with van der Waals surface area (Å²) in [5, 5.41) is 3.24. The highest BCUT2D eigenvalue weighted by molar-refractivity contribution is 7.94. The number of nitrogens with zero attached hydrogens (tertiary/aromatic N) is 1. The molecule has 2 aromatic rings. The summed E-state index contributed by atoms with van der Waals surface area (Å²) in [6.45, 7) is 6.16. The van der Waals surface area contributed by atoms with E-state index in [-0.39, 0.29) is 0 Å². The van der Waals surface area contributed by atoms with Crippen LogP contribution < -0.4 is 10.0 Å². The first-order chi connectivity index (χ1) is 10.4. The van der Waals surface area contributed by atoms with E-state index in [0.717, 1.165) is 23.5 Å². The van der Waals surface area contributed by atoms with Crippen LogP contribution in [0.2, 0.25) is 0 Å². The molecule has 2 aromatic heterocycles. The SMILES string of the molecule is CCc1ccc(S(=O)(=O)Nc2ccc(NC(C)CC)nc2)s1. The van der Waals surface area contributed by atoms with Crippen molar-refractivity contribution in [3.8, 4) is 0 Å². The van der Waals surface area contributed by atoms with Gasteiger partial charge in [0, 0.05) is 10.9 Å². The number of nitrogens with one attached hydrogen (secondary N) is 2. The molecule has 0 aliphatic carbocycles. The molecule has 1 unspecified atom stereocenters. The molecule has 0 amide bonds. The minimum Gasteiger partial charge on any atom is -0.368 e. The lowest BCUT2D eigenvalue weighted by molar-refractivity contribution is 0.603. The molecule has 0 aliphatic rings. The second-order valence-electron chi connectivity index (χ2n) is 5.07. The molecule has 0 spiro atoms. The average molecular weight is 339 g/mol. The van der Waals surface area contributed by atoms with E-state index in [1.165, 1.54) is 17.5 Å². The maximum absolute atomic E-state index is 12.3. The summed E-state index contributed by atoms with van der Waals surface area (Å²) in [6.07, 6.45) is 3.35. The predicted molar refractivity (Wildman–Crippen MR) is 92.1 cm³/mol. The smallest absolute Gasteiger partial charge is 0.271 e. The second-order valence-corrected chi connectivity index (χ2v) is 8.14. The van der Waals surface area contributed by atoms with Crippen molar-refractivity contribution in [1.29, 1.82) is 0 Å². The van der Waals surface area contributed by atoms with Gasteiger partial charge < -0.3 is 5.32 Å². The first-order valence-electron chi connectivity index (χ1n) is 7.28. The monoisotopic (exact) mass is 339 g/mol. The lowest BCUT2D eigenvalue weighted by atomic mass is 10.2. The Morgan fingerprint density at radius 1 is 1.23 bits per heavy atom. The van der Waals surface area contributed by atoms with E-state index >= 15 is 0 Å². The Kier molecular flexibility index (Phi) is 5.42. The molecule has 0 radical (unpaired) electrons. The van der Waals surface area contributed by atoms with E-state index in [9.17, 15) is 8.42 Å². The average Bonchev–Trinajstić information content (AvgIpc) is 2.99. The van der Waals surface area contributed by atoms with Crippen LogP contribution in [-0.4, -0.2) is 19.4 Å². The summed E-state index contributed by atoms with van der Waals surface area (Å²) in [5.74, 6) is 0.738. The minimum absolute atomic E-state index is 0.325. The molecule has 5 nitrogen and oxygen atoms in total. The zero-order valence-corrected chi connectivity index (χ0v) is 14.6. The number of hydrogen-bond donors (Lipinski definition) is 2. The van der Waals surface area contributed by atoms with Crippen LogP contribution in [0.3, 0.4) is 0 Å². The maximum atomic E-state index is 12.3. The third-order valence-corrected chi connectivity index (χ3v) is 6.38. The van der Waals surface area contributed by atoms with Gasteiger partial charge in [0.05, 0.1) is 11.9 Å². The van der Waals surface area contributed by atoms with Crippen LogP contribution in [-0.2, 0) is 16.4 Å². The third kappa shape index (κ3) is 4.20. The van der Waals surface area contributed by atoms with Crippen LogP contribution in [0.4, 0.5) is 11.5 Å². The van der Waals surface area contributed by atoms with Gasteiger partial charge in [0.15, 0.2) is 0 Å². The summed E-state index contributed by atoms with van der Waals surface area (Å²) >= 11 is 1.29. The quantitative estimate of drug-likeness (QED) is 0.806. The molecule has 0 fully saturated rings. The van der Waals surface area contributed by atoms with Crippen molar-refractivity contribution >= 4 is 32.9 Å². The van der Waals surface area contributed by atoms with E-state index < -0.39 is 10.0 Å². The van der Waals surface area contributed by atoms with Gasteiger partial charge in [-0.2, -0.15) is 0 Å². The van der Waals surface area contributed by atoms with E-state index in [4.69, 9.17) is 0 Å². The number of sulfonamides is 1. The number of hydrogen-bond acceptors (Lipinski definition) is 5. The van der Waals surface area contributed by atoms with Crippen molar-refractivity contribution in [3.05, 3.63) is 35.3 Å². The molecule has 0 saturated heterocycles. The van der Waals surface area contributed by atoms with Crippen molar-refractivity contribution in [2.75, 3.05) is 10.0 Å². The standard InChI is InChI=1S/C15H21N3O2S2/c1-4-11(3)17-14-8-6-12(10-16-14)18-22(19,20)15-9-7-13(5-2)21-15/h6-11,18H,4-5H2,1-3H3,(H,16,17). The zero-order chi connectivity index (χ0) is 16.2. The zero-order valence-electron chi connectivity index (χ0n) is 13.0. The molecule has 7 heteroatoms. The fraction of sp³-hybridized carbons (Fsp3) is 0.400. The normalized spacial score (nSPS) is 12.9. The van der Waals surface area contributed by atoms with Crippen LogP contribution in [0, 0.1) is 0 Å². The highest BCUT2D eigenvalue weighted by Gasteiger charge is 2.16. The van der Waals surface area contributed by atoms with E-state index in [2.05, 4.69) is 28.9 Å². The molecular formula is C15H21N3O2S2. The number of anilines is 2. The molecule has 0 aromatic carbocycles. The topological polar surface area (TPSA) is 71.1 Å². The number of pyridine rings is 1. The van der Waals surface area contributed by atoms with Gasteiger partial charge in [-0.15, -0.1) is 11.3 Å². The molecule has 2 N–H and O–H groups in total. The number of rotatable bonds is 7. The largest absolute Gasteiger partial charge is 0.368 e. The summed E-state index contributed by atoms with van der Waals surface area (Å²) < 4.78 is 27.5. The van der Waals surface area contributed by atoms with Crippen LogP contribution in [0.15, 0.2) is 34.7 Å². The summed E-state index contributed by atoms with van der Waals surface area (Å²) in [6, 6.07) is 7.29. The molecule has 0 saturated carbocycles. The molecule has 120 valence electrons. The van der Waals surface area contributed by atoms with Gasteiger partial charge in [-0.1, -0.05) is 13.8 Å². The first-order valence-corrected chi connectivity index (χ1v) is 9.58. The third-order valence-electron chi connectivity index (χ3n) is 3.27. The van der Waals surface area contributed by atoms with Gasteiger partial charge in [0.2, 0.25) is 0 Å². The van der Waals surface area contributed by atoms with E-state index in [1.54, 1.807) is 18.2 Å². The van der Waals surface area contributed by atoms with Gasteiger partial charge in [0.25, 0.3) is 10.0 Å².